The van der Waals surface area contributed by atoms with Crippen molar-refractivity contribution in [2.24, 2.45) is 0 Å². The summed E-state index contributed by atoms with van der Waals surface area (Å²) >= 11 is 0. The van der Waals surface area contributed by atoms with Crippen LogP contribution in [-0.2, 0) is 0 Å². The van der Waals surface area contributed by atoms with Gasteiger partial charge in [-0.3, -0.25) is 4.79 Å². The van der Waals surface area contributed by atoms with Crippen LogP contribution in [0.25, 0.3) is 0 Å². The Bertz CT molecular complexity index is 796. The third-order valence-electron chi connectivity index (χ3n) is 6.34. The minimum absolute atomic E-state index is 0.0450. The van der Waals surface area contributed by atoms with Gasteiger partial charge in [-0.05, 0) is 56.7 Å². The molecule has 1 aromatic rings. The normalized spacial score (nSPS) is 20.1. The molecule has 0 spiro atoms. The molecule has 4 N–H and O–H groups in total. The summed E-state index contributed by atoms with van der Waals surface area (Å²) in [5.74, 6) is -0.0450. The lowest BCUT2D eigenvalue weighted by Gasteiger charge is -2.33. The van der Waals surface area contributed by atoms with Crippen LogP contribution in [-0.4, -0.2) is 54.1 Å². The average Bonchev–Trinajstić information content (AvgIpc) is 3.58. The van der Waals surface area contributed by atoms with Crippen LogP contribution < -0.4 is 21.3 Å². The molecule has 0 bridgehead atoms. The number of nitrogens with one attached hydrogen (secondary N) is 4. The number of benzene rings is 1. The fraction of sp³-hybridized carbons (Fsp3) is 0.609. The third-order valence-corrected chi connectivity index (χ3v) is 6.34. The van der Waals surface area contributed by atoms with Gasteiger partial charge in [-0.2, -0.15) is 0 Å². The van der Waals surface area contributed by atoms with Crippen molar-refractivity contribution in [3.63, 3.8) is 0 Å². The molecule has 2 aliphatic carbocycles. The summed E-state index contributed by atoms with van der Waals surface area (Å²) in [4.78, 5) is 38.9. The van der Waals surface area contributed by atoms with Crippen LogP contribution in [0.1, 0.15) is 68.1 Å². The molecule has 0 aromatic heterocycles. The van der Waals surface area contributed by atoms with Crippen molar-refractivity contribution in [3.8, 4) is 0 Å². The number of carbonyl (C=O) groups excluding carboxylic acids is 3. The molecule has 2 saturated carbocycles. The first-order valence-corrected chi connectivity index (χ1v) is 11.6. The maximum Gasteiger partial charge on any atom is 0.319 e. The Morgan fingerprint density at radius 1 is 0.742 bits per heavy atom. The summed E-state index contributed by atoms with van der Waals surface area (Å²) in [7, 11) is 0. The highest BCUT2D eigenvalue weighted by molar-refractivity contribution is 5.97. The molecule has 1 saturated heterocycles. The van der Waals surface area contributed by atoms with E-state index in [1.54, 1.807) is 24.3 Å². The zero-order valence-electron chi connectivity index (χ0n) is 18.0. The van der Waals surface area contributed by atoms with Crippen LogP contribution in [0.2, 0.25) is 0 Å². The fourth-order valence-corrected chi connectivity index (χ4v) is 4.38. The average molecular weight is 428 g/mol. The van der Waals surface area contributed by atoms with Gasteiger partial charge >= 0.3 is 12.1 Å². The third kappa shape index (κ3) is 6.35. The highest BCUT2D eigenvalue weighted by atomic mass is 16.2. The minimum Gasteiger partial charge on any atom is -0.338 e. The van der Waals surface area contributed by atoms with Crippen molar-refractivity contribution < 1.29 is 14.4 Å². The van der Waals surface area contributed by atoms with E-state index in [0.29, 0.717) is 30.4 Å². The predicted molar refractivity (Wildman–Crippen MR) is 119 cm³/mol. The topological polar surface area (TPSA) is 103 Å². The first-order valence-electron chi connectivity index (χ1n) is 11.6. The number of hydrogen-bond donors (Lipinski definition) is 4. The van der Waals surface area contributed by atoms with Crippen molar-refractivity contribution in [2.75, 3.05) is 18.4 Å². The van der Waals surface area contributed by atoms with Crippen molar-refractivity contribution in [2.45, 2.75) is 75.9 Å². The van der Waals surface area contributed by atoms with E-state index in [0.717, 1.165) is 38.5 Å². The zero-order valence-corrected chi connectivity index (χ0v) is 18.0. The molecule has 5 amide bonds. The smallest absolute Gasteiger partial charge is 0.319 e. The molecule has 3 aliphatic rings. The van der Waals surface area contributed by atoms with Crippen LogP contribution in [0.5, 0.6) is 0 Å². The summed E-state index contributed by atoms with van der Waals surface area (Å²) in [6, 6.07) is 7.41. The molecular formula is C23H33N5O3. The Morgan fingerprint density at radius 3 is 2.03 bits per heavy atom. The maximum atomic E-state index is 12.9. The second kappa shape index (κ2) is 10.0. The lowest BCUT2D eigenvalue weighted by Crippen LogP contribution is -2.51. The Balaban J connectivity index is 1.22. The van der Waals surface area contributed by atoms with Crippen molar-refractivity contribution >= 4 is 23.7 Å². The number of likely N-dealkylation sites (tertiary alicyclic amines) is 1. The number of nitrogens with zero attached hydrogens (tertiary/aromatic N) is 1. The highest BCUT2D eigenvalue weighted by Crippen LogP contribution is 2.20. The molecule has 3 fully saturated rings. The molecule has 1 aromatic carbocycles. The van der Waals surface area contributed by atoms with Crippen LogP contribution in [0, 0.1) is 0 Å². The Kier molecular flexibility index (Phi) is 6.94. The van der Waals surface area contributed by atoms with Crippen molar-refractivity contribution in [3.05, 3.63) is 29.8 Å². The summed E-state index contributed by atoms with van der Waals surface area (Å²) in [5, 5.41) is 11.8. The number of piperidine rings is 1. The molecule has 8 heteroatoms. The van der Waals surface area contributed by atoms with Gasteiger partial charge in [-0.15, -0.1) is 0 Å². The summed E-state index contributed by atoms with van der Waals surface area (Å²) in [6.45, 7) is 1.21. The number of carbonyl (C=O) groups is 3. The predicted octanol–water partition coefficient (Wildman–Crippen LogP) is 3.21. The minimum atomic E-state index is -0.231. The van der Waals surface area contributed by atoms with Gasteiger partial charge in [0.1, 0.15) is 0 Å². The molecule has 31 heavy (non-hydrogen) atoms. The summed E-state index contributed by atoms with van der Waals surface area (Å²) in [6.07, 6.45) is 9.31. The Hall–Kier alpha value is -2.77. The lowest BCUT2D eigenvalue weighted by molar-refractivity contribution is 0.0708. The van der Waals surface area contributed by atoms with E-state index in [4.69, 9.17) is 0 Å². The van der Waals surface area contributed by atoms with Gasteiger partial charge in [-0.25, -0.2) is 9.59 Å². The van der Waals surface area contributed by atoms with E-state index >= 15 is 0 Å². The first-order chi connectivity index (χ1) is 15.1. The molecule has 0 radical (unpaired) electrons. The molecule has 8 nitrogen and oxygen atoms in total. The summed E-state index contributed by atoms with van der Waals surface area (Å²) < 4.78 is 0. The Labute approximate surface area is 183 Å². The van der Waals surface area contributed by atoms with Gasteiger partial charge in [0.05, 0.1) is 0 Å². The number of urea groups is 2. The van der Waals surface area contributed by atoms with Gasteiger partial charge in [0.25, 0.3) is 5.91 Å². The van der Waals surface area contributed by atoms with E-state index in [1.165, 1.54) is 19.3 Å². The molecule has 168 valence electrons. The monoisotopic (exact) mass is 427 g/mol. The molecule has 1 heterocycles. The van der Waals surface area contributed by atoms with Crippen molar-refractivity contribution in [1.82, 2.24) is 20.9 Å². The van der Waals surface area contributed by atoms with E-state index in [2.05, 4.69) is 21.3 Å². The van der Waals surface area contributed by atoms with Gasteiger partial charge < -0.3 is 26.2 Å². The van der Waals surface area contributed by atoms with Crippen LogP contribution in [0.15, 0.2) is 24.3 Å². The zero-order chi connectivity index (χ0) is 21.6. The van der Waals surface area contributed by atoms with Crippen LogP contribution in [0.3, 0.4) is 0 Å². The highest BCUT2D eigenvalue weighted by Gasteiger charge is 2.26. The quantitative estimate of drug-likeness (QED) is 0.580. The molecule has 0 atom stereocenters. The van der Waals surface area contributed by atoms with Crippen LogP contribution >= 0.6 is 0 Å². The van der Waals surface area contributed by atoms with Gasteiger partial charge in [-0.1, -0.05) is 25.3 Å². The van der Waals surface area contributed by atoms with E-state index in [9.17, 15) is 14.4 Å². The fourth-order valence-electron chi connectivity index (χ4n) is 4.38. The van der Waals surface area contributed by atoms with Crippen molar-refractivity contribution in [1.29, 1.82) is 0 Å². The Morgan fingerprint density at radius 2 is 1.35 bits per heavy atom. The van der Waals surface area contributed by atoms with E-state index < -0.39 is 0 Å². The van der Waals surface area contributed by atoms with E-state index in [-0.39, 0.29) is 30.1 Å². The van der Waals surface area contributed by atoms with Gasteiger partial charge in [0, 0.05) is 42.5 Å². The first kappa shape index (κ1) is 21.5. The maximum absolute atomic E-state index is 12.9. The largest absolute Gasteiger partial charge is 0.338 e. The number of hydrogen-bond acceptors (Lipinski definition) is 3. The SMILES string of the molecule is O=C(Nc1cccc(C(=O)N2CCC(NC(=O)NC3CCCCC3)CC2)c1)NC1CC1. The lowest BCUT2D eigenvalue weighted by atomic mass is 9.96. The molecule has 1 aliphatic heterocycles. The molecular weight excluding hydrogens is 394 g/mol. The van der Waals surface area contributed by atoms with Gasteiger partial charge in [0.15, 0.2) is 0 Å². The van der Waals surface area contributed by atoms with E-state index in [1.807, 2.05) is 4.90 Å². The number of rotatable bonds is 5. The number of amides is 5. The number of anilines is 1. The molecule has 0 unspecified atom stereocenters. The second-order valence-electron chi connectivity index (χ2n) is 8.97. The molecule has 4 rings (SSSR count). The standard InChI is InChI=1S/C23H33N5O3/c29-21(16-5-4-8-20(15-16)27-23(31)25-18-9-10-18)28-13-11-19(12-14-28)26-22(30)24-17-6-2-1-3-7-17/h4-5,8,15,17-19H,1-3,6-7,9-14H2,(H2,24,26,30)(H2,25,27,31). The van der Waals surface area contributed by atoms with Crippen LogP contribution in [0.4, 0.5) is 15.3 Å². The summed E-state index contributed by atoms with van der Waals surface area (Å²) in [5.41, 5.74) is 1.17. The second-order valence-corrected chi connectivity index (χ2v) is 8.97. The van der Waals surface area contributed by atoms with Gasteiger partial charge in [0.2, 0.25) is 0 Å².